The Bertz CT molecular complexity index is 2730. The van der Waals surface area contributed by atoms with Crippen molar-refractivity contribution < 1.29 is 4.42 Å². The zero-order valence-corrected chi connectivity index (χ0v) is 26.3. The first-order valence-electron chi connectivity index (χ1n) is 16.5. The summed E-state index contributed by atoms with van der Waals surface area (Å²) in [5.74, 6) is 1.56. The molecule has 9 aromatic rings. The first-order valence-corrected chi connectivity index (χ1v) is 16.5. The van der Waals surface area contributed by atoms with Gasteiger partial charge in [0.15, 0.2) is 6.17 Å². The molecule has 2 aromatic heterocycles. The summed E-state index contributed by atoms with van der Waals surface area (Å²) in [4.78, 5) is 15.6. The zero-order valence-electron chi connectivity index (χ0n) is 26.3. The number of nitrogens with one attached hydrogen (secondary N) is 1. The lowest BCUT2D eigenvalue weighted by Gasteiger charge is -2.23. The molecule has 230 valence electrons. The lowest BCUT2D eigenvalue weighted by Crippen LogP contribution is -2.36. The Morgan fingerprint density at radius 1 is 0.490 bits per heavy atom. The number of benzene rings is 7. The predicted octanol–water partition coefficient (Wildman–Crippen LogP) is 10.6. The van der Waals surface area contributed by atoms with E-state index in [2.05, 4.69) is 133 Å². The van der Waals surface area contributed by atoms with E-state index in [9.17, 15) is 0 Å². The van der Waals surface area contributed by atoms with Crippen LogP contribution in [0.25, 0.3) is 65.5 Å². The van der Waals surface area contributed by atoms with Crippen LogP contribution >= 0.6 is 0 Å². The van der Waals surface area contributed by atoms with Crippen LogP contribution in [0.1, 0.15) is 22.9 Å². The van der Waals surface area contributed by atoms with Crippen LogP contribution in [-0.4, -0.2) is 16.7 Å². The maximum absolute atomic E-state index is 6.27. The molecule has 1 aliphatic heterocycles. The summed E-state index contributed by atoms with van der Waals surface area (Å²) in [6.07, 6.45) is 1.34. The molecular formula is C44H28N4O. The van der Waals surface area contributed by atoms with Gasteiger partial charge in [-0.15, -0.1) is 0 Å². The number of hydrogen-bond donors (Lipinski definition) is 1. The lowest BCUT2D eigenvalue weighted by atomic mass is 9.95. The smallest absolute Gasteiger partial charge is 0.169 e. The number of amidine groups is 2. The highest BCUT2D eigenvalue weighted by Gasteiger charge is 2.24. The first kappa shape index (κ1) is 27.5. The fraction of sp³-hybridized carbons (Fsp3) is 0.0227. The molecule has 1 aliphatic rings. The van der Waals surface area contributed by atoms with Gasteiger partial charge in [-0.25, -0.2) is 9.98 Å². The molecule has 0 radical (unpaired) electrons. The summed E-state index contributed by atoms with van der Waals surface area (Å²) in [6.45, 7) is 0. The van der Waals surface area contributed by atoms with Gasteiger partial charge >= 0.3 is 0 Å². The van der Waals surface area contributed by atoms with Gasteiger partial charge in [-0.3, -0.25) is 4.98 Å². The van der Waals surface area contributed by atoms with E-state index in [1.165, 1.54) is 10.8 Å². The number of para-hydroxylation sites is 1. The van der Waals surface area contributed by atoms with E-state index in [0.29, 0.717) is 0 Å². The molecule has 10 rings (SSSR count). The number of nitrogens with zero attached hydrogens (tertiary/aromatic N) is 3. The Labute approximate surface area is 281 Å². The number of furan rings is 1. The monoisotopic (exact) mass is 628 g/mol. The van der Waals surface area contributed by atoms with E-state index >= 15 is 0 Å². The van der Waals surface area contributed by atoms with E-state index < -0.39 is 6.17 Å². The van der Waals surface area contributed by atoms with Crippen molar-refractivity contribution in [1.29, 1.82) is 0 Å². The van der Waals surface area contributed by atoms with Crippen molar-refractivity contribution in [1.82, 2.24) is 10.3 Å². The minimum atomic E-state index is -0.493. The number of aromatic nitrogens is 1. The molecule has 7 aromatic carbocycles. The zero-order chi connectivity index (χ0) is 32.3. The molecular weight excluding hydrogens is 601 g/mol. The quantitative estimate of drug-likeness (QED) is 0.211. The van der Waals surface area contributed by atoms with Crippen LogP contribution in [-0.2, 0) is 0 Å². The van der Waals surface area contributed by atoms with Crippen LogP contribution < -0.4 is 5.32 Å². The minimum Gasteiger partial charge on any atom is -0.456 e. The molecule has 0 aliphatic carbocycles. The second-order valence-corrected chi connectivity index (χ2v) is 12.5. The summed E-state index contributed by atoms with van der Waals surface area (Å²) in [6, 6.07) is 52.8. The molecule has 0 atom stereocenters. The fourth-order valence-electron chi connectivity index (χ4n) is 7.12. The van der Waals surface area contributed by atoms with Gasteiger partial charge in [0.1, 0.15) is 22.8 Å². The molecule has 49 heavy (non-hydrogen) atoms. The number of rotatable bonds is 4. The molecule has 0 spiro atoms. The van der Waals surface area contributed by atoms with Crippen molar-refractivity contribution >= 4 is 65.9 Å². The third-order valence-corrected chi connectivity index (χ3v) is 9.51. The average molecular weight is 629 g/mol. The van der Waals surface area contributed by atoms with Gasteiger partial charge < -0.3 is 9.73 Å². The Morgan fingerprint density at radius 2 is 1.08 bits per heavy atom. The predicted molar refractivity (Wildman–Crippen MR) is 201 cm³/mol. The van der Waals surface area contributed by atoms with E-state index in [1.807, 2.05) is 30.5 Å². The first-order chi connectivity index (χ1) is 24.2. The van der Waals surface area contributed by atoms with E-state index in [0.717, 1.165) is 83.1 Å². The third kappa shape index (κ3) is 4.67. The number of pyridine rings is 1. The molecule has 0 amide bonds. The molecule has 0 unspecified atom stereocenters. The summed E-state index contributed by atoms with van der Waals surface area (Å²) < 4.78 is 6.27. The van der Waals surface area contributed by atoms with Crippen molar-refractivity contribution in [2.75, 3.05) is 0 Å². The van der Waals surface area contributed by atoms with Crippen molar-refractivity contribution in [2.45, 2.75) is 6.17 Å². The van der Waals surface area contributed by atoms with Gasteiger partial charge in [-0.1, -0.05) is 115 Å². The Balaban J connectivity index is 1.19. The Morgan fingerprint density at radius 3 is 1.78 bits per heavy atom. The van der Waals surface area contributed by atoms with Gasteiger partial charge in [-0.2, -0.15) is 0 Å². The number of aliphatic imine (C=N–C) groups is 2. The Hall–Kier alpha value is -6.59. The average Bonchev–Trinajstić information content (AvgIpc) is 3.56. The van der Waals surface area contributed by atoms with E-state index in [4.69, 9.17) is 19.4 Å². The number of fused-ring (bicyclic) bond motifs is 6. The fourth-order valence-corrected chi connectivity index (χ4v) is 7.12. The van der Waals surface area contributed by atoms with Gasteiger partial charge in [0, 0.05) is 28.3 Å². The topological polar surface area (TPSA) is 62.8 Å². The third-order valence-electron chi connectivity index (χ3n) is 9.51. The Kier molecular flexibility index (Phi) is 6.18. The van der Waals surface area contributed by atoms with Crippen LogP contribution in [0.5, 0.6) is 0 Å². The molecule has 5 heteroatoms. The second-order valence-electron chi connectivity index (χ2n) is 12.5. The highest BCUT2D eigenvalue weighted by molar-refractivity contribution is 6.18. The normalized spacial score (nSPS) is 13.6. The molecule has 0 saturated heterocycles. The van der Waals surface area contributed by atoms with Crippen molar-refractivity contribution in [2.24, 2.45) is 9.98 Å². The summed E-state index contributed by atoms with van der Waals surface area (Å²) in [5.41, 5.74) is 6.57. The van der Waals surface area contributed by atoms with Crippen molar-refractivity contribution in [3.8, 4) is 11.3 Å². The van der Waals surface area contributed by atoms with Crippen molar-refractivity contribution in [3.05, 3.63) is 175 Å². The van der Waals surface area contributed by atoms with Gasteiger partial charge in [0.05, 0.1) is 11.1 Å². The van der Waals surface area contributed by atoms with E-state index in [-0.39, 0.29) is 0 Å². The lowest BCUT2D eigenvalue weighted by molar-refractivity contribution is 0.668. The highest BCUT2D eigenvalue weighted by atomic mass is 16.3. The summed E-state index contributed by atoms with van der Waals surface area (Å²) >= 11 is 0. The molecule has 3 heterocycles. The van der Waals surface area contributed by atoms with Crippen LogP contribution in [0.3, 0.4) is 0 Å². The minimum absolute atomic E-state index is 0.493. The molecule has 0 fully saturated rings. The maximum atomic E-state index is 6.27. The summed E-state index contributed by atoms with van der Waals surface area (Å²) in [7, 11) is 0. The SMILES string of the molecule is c1ccc2cc(C3=NC(c4cc(-c5nccc6oc7ccccc7c56)c5ccccc5c4)N=C(c4ccc5ccccc5c4)N3)ccc2c1. The molecule has 0 bridgehead atoms. The van der Waals surface area contributed by atoms with Gasteiger partial charge in [-0.05, 0) is 74.3 Å². The van der Waals surface area contributed by atoms with Crippen LogP contribution in [0, 0.1) is 0 Å². The van der Waals surface area contributed by atoms with Crippen molar-refractivity contribution in [3.63, 3.8) is 0 Å². The van der Waals surface area contributed by atoms with Crippen LogP contribution in [0.15, 0.2) is 172 Å². The van der Waals surface area contributed by atoms with Gasteiger partial charge in [0.2, 0.25) is 0 Å². The second kappa shape index (κ2) is 11.0. The highest BCUT2D eigenvalue weighted by Crippen LogP contribution is 2.40. The van der Waals surface area contributed by atoms with Crippen LogP contribution in [0.4, 0.5) is 0 Å². The van der Waals surface area contributed by atoms with E-state index in [1.54, 1.807) is 0 Å². The standard InChI is InChI=1S/C44H28N4O/c1-3-11-29-23-32(19-17-27(29)9-1)42-46-43(33-20-18-28-10-2-4-12-30(28)24-33)48-44(47-42)34-25-31-13-5-6-14-35(31)37(26-34)41-40-36-15-7-8-16-38(36)49-39(40)21-22-45-41/h1-26,44H,(H,46,47,48). The van der Waals surface area contributed by atoms with Gasteiger partial charge in [0.25, 0.3) is 0 Å². The number of hydrogen-bond acceptors (Lipinski definition) is 5. The van der Waals surface area contributed by atoms with Crippen LogP contribution in [0.2, 0.25) is 0 Å². The molecule has 0 saturated carbocycles. The summed E-state index contributed by atoms with van der Waals surface area (Å²) in [5, 5.41) is 12.6. The largest absolute Gasteiger partial charge is 0.456 e. The maximum Gasteiger partial charge on any atom is 0.169 e. The molecule has 1 N–H and O–H groups in total. The molecule has 5 nitrogen and oxygen atoms in total.